The number of hydrogen-bond donors (Lipinski definition) is 1. The highest BCUT2D eigenvalue weighted by atomic mass is 79.9. The molecular weight excluding hydrogens is 202 g/mol. The van der Waals surface area contributed by atoms with Gasteiger partial charge in [-0.25, -0.2) is 4.98 Å². The first-order chi connectivity index (χ1) is 4.68. The first-order valence-corrected chi connectivity index (χ1v) is 3.30. The lowest BCUT2D eigenvalue weighted by Gasteiger charge is -1.84. The lowest BCUT2D eigenvalue weighted by molar-refractivity contribution is -0.136. The zero-order valence-electron chi connectivity index (χ0n) is 4.87. The van der Waals surface area contributed by atoms with Gasteiger partial charge in [-0.3, -0.25) is 4.79 Å². The number of carboxylic acids is 1. The van der Waals surface area contributed by atoms with Gasteiger partial charge < -0.3 is 9.52 Å². The second kappa shape index (κ2) is 2.83. The molecule has 54 valence electrons. The van der Waals surface area contributed by atoms with Gasteiger partial charge in [-0.05, 0) is 0 Å². The van der Waals surface area contributed by atoms with Crippen LogP contribution in [-0.2, 0) is 11.2 Å². The Morgan fingerprint density at radius 3 is 3.00 bits per heavy atom. The third kappa shape index (κ3) is 1.84. The quantitative estimate of drug-likeness (QED) is 0.785. The Morgan fingerprint density at radius 1 is 1.90 bits per heavy atom. The largest absolute Gasteiger partial charge is 0.481 e. The standard InChI is InChI=1S/C5H4BrNO3/c6-5-7-2-3(10-5)1-4(8)9/h2H,1H2,(H,8,9). The Bertz CT molecular complexity index is 245. The maximum absolute atomic E-state index is 10.1. The minimum atomic E-state index is -0.927. The normalized spacial score (nSPS) is 9.70. The summed E-state index contributed by atoms with van der Waals surface area (Å²) in [6.07, 6.45) is 1.25. The summed E-state index contributed by atoms with van der Waals surface area (Å²) in [4.78, 5) is 14.0. The van der Waals surface area contributed by atoms with Crippen LogP contribution in [0.3, 0.4) is 0 Å². The summed E-state index contributed by atoms with van der Waals surface area (Å²) in [5.74, 6) is -0.581. The number of rotatable bonds is 2. The minimum Gasteiger partial charge on any atom is -0.481 e. The van der Waals surface area contributed by atoms with E-state index >= 15 is 0 Å². The fraction of sp³-hybridized carbons (Fsp3) is 0.200. The molecule has 0 aliphatic carbocycles. The average molecular weight is 206 g/mol. The molecule has 0 spiro atoms. The van der Waals surface area contributed by atoms with Gasteiger partial charge in [-0.1, -0.05) is 0 Å². The van der Waals surface area contributed by atoms with E-state index in [0.717, 1.165) is 0 Å². The molecule has 1 rings (SSSR count). The van der Waals surface area contributed by atoms with E-state index in [1.54, 1.807) is 0 Å². The molecule has 0 amide bonds. The first-order valence-electron chi connectivity index (χ1n) is 2.50. The molecule has 1 heterocycles. The van der Waals surface area contributed by atoms with Gasteiger partial charge in [0.1, 0.15) is 12.2 Å². The fourth-order valence-corrected chi connectivity index (χ4v) is 0.825. The van der Waals surface area contributed by atoms with Gasteiger partial charge in [-0.15, -0.1) is 0 Å². The van der Waals surface area contributed by atoms with Gasteiger partial charge in [0.15, 0.2) is 0 Å². The van der Waals surface area contributed by atoms with Gasteiger partial charge in [-0.2, -0.15) is 0 Å². The summed E-state index contributed by atoms with van der Waals surface area (Å²) >= 11 is 2.95. The second-order valence-corrected chi connectivity index (χ2v) is 2.33. The Hall–Kier alpha value is -0.840. The van der Waals surface area contributed by atoms with E-state index in [1.165, 1.54) is 6.20 Å². The van der Waals surface area contributed by atoms with E-state index < -0.39 is 5.97 Å². The Labute approximate surface area is 65.0 Å². The van der Waals surface area contributed by atoms with E-state index in [9.17, 15) is 4.79 Å². The van der Waals surface area contributed by atoms with Crippen molar-refractivity contribution in [2.45, 2.75) is 6.42 Å². The maximum Gasteiger partial charge on any atom is 0.311 e. The molecule has 0 saturated heterocycles. The van der Waals surface area contributed by atoms with Crippen LogP contribution in [0.25, 0.3) is 0 Å². The van der Waals surface area contributed by atoms with E-state index in [4.69, 9.17) is 9.52 Å². The Morgan fingerprint density at radius 2 is 2.60 bits per heavy atom. The molecule has 5 heteroatoms. The SMILES string of the molecule is O=C(O)Cc1cnc(Br)o1. The third-order valence-corrected chi connectivity index (χ3v) is 1.22. The molecule has 4 nitrogen and oxygen atoms in total. The third-order valence-electron chi connectivity index (χ3n) is 0.851. The van der Waals surface area contributed by atoms with Gasteiger partial charge in [0.2, 0.25) is 0 Å². The average Bonchev–Trinajstić information content (AvgIpc) is 2.13. The van der Waals surface area contributed by atoms with Crippen LogP contribution in [-0.4, -0.2) is 16.1 Å². The lowest BCUT2D eigenvalue weighted by Crippen LogP contribution is -1.97. The number of aliphatic carboxylic acids is 1. The zero-order valence-corrected chi connectivity index (χ0v) is 6.46. The van der Waals surface area contributed by atoms with Crippen LogP contribution in [0.5, 0.6) is 0 Å². The highest BCUT2D eigenvalue weighted by molar-refractivity contribution is 9.10. The van der Waals surface area contributed by atoms with Crippen molar-refractivity contribution >= 4 is 21.9 Å². The zero-order chi connectivity index (χ0) is 7.56. The van der Waals surface area contributed by atoms with Crippen molar-refractivity contribution in [3.63, 3.8) is 0 Å². The van der Waals surface area contributed by atoms with Crippen molar-refractivity contribution < 1.29 is 14.3 Å². The number of carboxylic acid groups (broad SMARTS) is 1. The molecule has 10 heavy (non-hydrogen) atoms. The fourth-order valence-electron chi connectivity index (χ4n) is 0.514. The van der Waals surface area contributed by atoms with Gasteiger partial charge in [0.05, 0.1) is 6.20 Å². The van der Waals surface area contributed by atoms with E-state index in [-0.39, 0.29) is 6.42 Å². The molecular formula is C5H4BrNO3. The summed E-state index contributed by atoms with van der Waals surface area (Å²) in [6, 6.07) is 0. The molecule has 0 atom stereocenters. The van der Waals surface area contributed by atoms with Crippen molar-refractivity contribution in [2.75, 3.05) is 0 Å². The smallest absolute Gasteiger partial charge is 0.311 e. The number of hydrogen-bond acceptors (Lipinski definition) is 3. The van der Waals surface area contributed by atoms with Crippen LogP contribution in [0.2, 0.25) is 0 Å². The first kappa shape index (κ1) is 7.27. The minimum absolute atomic E-state index is 0.126. The number of nitrogens with zero attached hydrogens (tertiary/aromatic N) is 1. The molecule has 1 aromatic rings. The molecule has 0 unspecified atom stereocenters. The molecule has 0 fully saturated rings. The van der Waals surface area contributed by atoms with E-state index in [1.807, 2.05) is 0 Å². The van der Waals surface area contributed by atoms with Crippen molar-refractivity contribution in [3.05, 3.63) is 16.8 Å². The van der Waals surface area contributed by atoms with Crippen molar-refractivity contribution in [1.29, 1.82) is 0 Å². The van der Waals surface area contributed by atoms with Crippen LogP contribution in [0.15, 0.2) is 15.4 Å². The van der Waals surface area contributed by atoms with Crippen LogP contribution >= 0.6 is 15.9 Å². The predicted octanol–water partition coefficient (Wildman–Crippen LogP) is 1.06. The Kier molecular flexibility index (Phi) is 2.06. The summed E-state index contributed by atoms with van der Waals surface area (Å²) in [7, 11) is 0. The van der Waals surface area contributed by atoms with Gasteiger partial charge in [0, 0.05) is 15.9 Å². The lowest BCUT2D eigenvalue weighted by atomic mass is 10.4. The number of halogens is 1. The summed E-state index contributed by atoms with van der Waals surface area (Å²) in [6.45, 7) is 0. The van der Waals surface area contributed by atoms with Gasteiger partial charge in [0.25, 0.3) is 4.80 Å². The second-order valence-electron chi connectivity index (χ2n) is 1.65. The van der Waals surface area contributed by atoms with Crippen LogP contribution in [0.4, 0.5) is 0 Å². The van der Waals surface area contributed by atoms with Crippen LogP contribution < -0.4 is 0 Å². The molecule has 0 aliphatic rings. The van der Waals surface area contributed by atoms with Crippen molar-refractivity contribution in [1.82, 2.24) is 4.98 Å². The van der Waals surface area contributed by atoms with Gasteiger partial charge >= 0.3 is 5.97 Å². The molecule has 0 aliphatic heterocycles. The van der Waals surface area contributed by atoms with E-state index in [2.05, 4.69) is 20.9 Å². The van der Waals surface area contributed by atoms with Crippen LogP contribution in [0.1, 0.15) is 5.76 Å². The van der Waals surface area contributed by atoms with Crippen molar-refractivity contribution in [2.24, 2.45) is 0 Å². The van der Waals surface area contributed by atoms with E-state index in [0.29, 0.717) is 10.6 Å². The molecule has 0 radical (unpaired) electrons. The summed E-state index contributed by atoms with van der Waals surface area (Å²) in [5, 5.41) is 8.27. The van der Waals surface area contributed by atoms with Crippen LogP contribution in [0, 0.1) is 0 Å². The Balaban J connectivity index is 2.67. The molecule has 1 aromatic heterocycles. The molecule has 0 bridgehead atoms. The monoisotopic (exact) mass is 205 g/mol. The topological polar surface area (TPSA) is 63.3 Å². The highest BCUT2D eigenvalue weighted by Gasteiger charge is 2.04. The summed E-state index contributed by atoms with van der Waals surface area (Å²) < 4.78 is 4.82. The highest BCUT2D eigenvalue weighted by Crippen LogP contribution is 2.09. The number of aromatic nitrogens is 1. The molecule has 1 N–H and O–H groups in total. The predicted molar refractivity (Wildman–Crippen MR) is 35.5 cm³/mol. The number of oxazole rings is 1. The number of carbonyl (C=O) groups is 1. The summed E-state index contributed by atoms with van der Waals surface area (Å²) in [5.41, 5.74) is 0. The van der Waals surface area contributed by atoms with Crippen molar-refractivity contribution in [3.8, 4) is 0 Å². The molecule has 0 aromatic carbocycles. The molecule has 0 saturated carbocycles. The maximum atomic E-state index is 10.1.